The van der Waals surface area contributed by atoms with E-state index in [2.05, 4.69) is 5.10 Å². The van der Waals surface area contributed by atoms with Gasteiger partial charge in [-0.15, -0.1) is 0 Å². The molecule has 0 aliphatic rings. The molecule has 0 bridgehead atoms. The van der Waals surface area contributed by atoms with Crippen LogP contribution in [0, 0.1) is 0 Å². The second-order valence-electron chi connectivity index (χ2n) is 5.23. The van der Waals surface area contributed by atoms with Crippen molar-refractivity contribution in [3.05, 3.63) is 54.4 Å². The summed E-state index contributed by atoms with van der Waals surface area (Å²) in [6, 6.07) is 7.29. The summed E-state index contributed by atoms with van der Waals surface area (Å²) in [5.41, 5.74) is 0.0583. The molecule has 1 aromatic heterocycles. The molecule has 7 heteroatoms. The van der Waals surface area contributed by atoms with Gasteiger partial charge in [0.2, 0.25) is 5.91 Å². The standard InChI is InChI=1S/C16H18F3N3O/c1-21(14(23)9-5-11-22-12-6-10-20-22)15(16(17,18)19)13-7-3-2-4-8-13/h2-4,6-8,10,12,15H,5,9,11H2,1H3/t15-/m1/s1. The van der Waals surface area contributed by atoms with Crippen molar-refractivity contribution in [2.24, 2.45) is 0 Å². The Morgan fingerprint density at radius 1 is 1.26 bits per heavy atom. The SMILES string of the molecule is CN(C(=O)CCCn1cccn1)[C@H](c1ccccc1)C(F)(F)F. The van der Waals surface area contributed by atoms with Crippen molar-refractivity contribution in [3.8, 4) is 0 Å². The summed E-state index contributed by atoms with van der Waals surface area (Å²) in [5, 5.41) is 3.99. The fraction of sp³-hybridized carbons (Fsp3) is 0.375. The molecule has 0 saturated carbocycles. The van der Waals surface area contributed by atoms with E-state index in [1.54, 1.807) is 29.2 Å². The van der Waals surface area contributed by atoms with Gasteiger partial charge in [-0.1, -0.05) is 30.3 Å². The zero-order chi connectivity index (χ0) is 16.9. The van der Waals surface area contributed by atoms with Gasteiger partial charge in [-0.2, -0.15) is 18.3 Å². The quantitative estimate of drug-likeness (QED) is 0.816. The van der Waals surface area contributed by atoms with Crippen LogP contribution in [0.5, 0.6) is 0 Å². The number of halogens is 3. The second kappa shape index (κ2) is 7.30. The van der Waals surface area contributed by atoms with E-state index in [1.165, 1.54) is 31.3 Å². The van der Waals surface area contributed by atoms with Crippen LogP contribution in [0.2, 0.25) is 0 Å². The highest BCUT2D eigenvalue weighted by Gasteiger charge is 2.44. The monoisotopic (exact) mass is 325 g/mol. The van der Waals surface area contributed by atoms with Gasteiger partial charge in [0.1, 0.15) is 0 Å². The number of hydrogen-bond acceptors (Lipinski definition) is 2. The summed E-state index contributed by atoms with van der Waals surface area (Å²) in [6.07, 6.45) is -0.687. The summed E-state index contributed by atoms with van der Waals surface area (Å²) >= 11 is 0. The third-order valence-corrected chi connectivity index (χ3v) is 3.54. The smallest absolute Gasteiger partial charge is 0.330 e. The van der Waals surface area contributed by atoms with Gasteiger partial charge in [0.15, 0.2) is 6.04 Å². The fourth-order valence-corrected chi connectivity index (χ4v) is 2.41. The summed E-state index contributed by atoms with van der Waals surface area (Å²) in [4.78, 5) is 12.9. The summed E-state index contributed by atoms with van der Waals surface area (Å²) in [5.74, 6) is -0.539. The van der Waals surface area contributed by atoms with Crippen LogP contribution in [0.15, 0.2) is 48.8 Å². The molecule has 0 fully saturated rings. The van der Waals surface area contributed by atoms with Crippen molar-refractivity contribution >= 4 is 5.91 Å². The molecule has 1 atom stereocenters. The Morgan fingerprint density at radius 3 is 2.52 bits per heavy atom. The summed E-state index contributed by atoms with van der Waals surface area (Å²) < 4.78 is 41.7. The average molecular weight is 325 g/mol. The molecular weight excluding hydrogens is 307 g/mol. The van der Waals surface area contributed by atoms with Crippen molar-refractivity contribution in [1.82, 2.24) is 14.7 Å². The highest BCUT2D eigenvalue weighted by atomic mass is 19.4. The maximum absolute atomic E-state index is 13.4. The second-order valence-corrected chi connectivity index (χ2v) is 5.23. The van der Waals surface area contributed by atoms with Crippen molar-refractivity contribution in [2.75, 3.05) is 7.05 Å². The van der Waals surface area contributed by atoms with Gasteiger partial charge in [0.25, 0.3) is 0 Å². The van der Waals surface area contributed by atoms with Crippen LogP contribution in [0.25, 0.3) is 0 Å². The number of carbonyl (C=O) groups is 1. The first-order chi connectivity index (χ1) is 10.9. The number of amides is 1. The molecule has 0 spiro atoms. The predicted molar refractivity (Wildman–Crippen MR) is 79.5 cm³/mol. The maximum Gasteiger partial charge on any atom is 0.413 e. The van der Waals surface area contributed by atoms with E-state index in [-0.39, 0.29) is 12.0 Å². The molecule has 0 aliphatic carbocycles. The lowest BCUT2D eigenvalue weighted by Gasteiger charge is -2.30. The van der Waals surface area contributed by atoms with Crippen molar-refractivity contribution in [1.29, 1.82) is 0 Å². The van der Waals surface area contributed by atoms with Crippen LogP contribution >= 0.6 is 0 Å². The normalized spacial score (nSPS) is 12.9. The maximum atomic E-state index is 13.4. The van der Waals surface area contributed by atoms with Gasteiger partial charge in [0, 0.05) is 32.4 Å². The van der Waals surface area contributed by atoms with Gasteiger partial charge in [0.05, 0.1) is 0 Å². The Kier molecular flexibility index (Phi) is 5.41. The van der Waals surface area contributed by atoms with Gasteiger partial charge in [-0.3, -0.25) is 9.48 Å². The molecule has 2 aromatic rings. The first-order valence-electron chi connectivity index (χ1n) is 7.24. The zero-order valence-electron chi connectivity index (χ0n) is 12.7. The third-order valence-electron chi connectivity index (χ3n) is 3.54. The summed E-state index contributed by atoms with van der Waals surface area (Å²) in [6.45, 7) is 0.495. The largest absolute Gasteiger partial charge is 0.413 e. The van der Waals surface area contributed by atoms with Crippen molar-refractivity contribution < 1.29 is 18.0 Å². The first-order valence-corrected chi connectivity index (χ1v) is 7.24. The lowest BCUT2D eigenvalue weighted by molar-refractivity contribution is -0.188. The zero-order valence-corrected chi connectivity index (χ0v) is 12.7. The number of hydrogen-bond donors (Lipinski definition) is 0. The first kappa shape index (κ1) is 17.1. The van der Waals surface area contributed by atoms with E-state index in [0.29, 0.717) is 13.0 Å². The third kappa shape index (κ3) is 4.58. The van der Waals surface area contributed by atoms with E-state index >= 15 is 0 Å². The van der Waals surface area contributed by atoms with E-state index in [4.69, 9.17) is 0 Å². The van der Waals surface area contributed by atoms with E-state index < -0.39 is 18.1 Å². The van der Waals surface area contributed by atoms with Crippen molar-refractivity contribution in [3.63, 3.8) is 0 Å². The van der Waals surface area contributed by atoms with Crippen LogP contribution in [-0.4, -0.2) is 33.8 Å². The minimum atomic E-state index is -4.52. The molecule has 0 saturated heterocycles. The Labute approximate surface area is 132 Å². The fourth-order valence-electron chi connectivity index (χ4n) is 2.41. The van der Waals surface area contributed by atoms with Crippen LogP contribution < -0.4 is 0 Å². The number of aromatic nitrogens is 2. The Hall–Kier alpha value is -2.31. The number of carbonyl (C=O) groups excluding carboxylic acids is 1. The Morgan fingerprint density at radius 2 is 1.96 bits per heavy atom. The number of nitrogens with zero attached hydrogens (tertiary/aromatic N) is 3. The molecule has 0 radical (unpaired) electrons. The summed E-state index contributed by atoms with van der Waals surface area (Å²) in [7, 11) is 1.20. The van der Waals surface area contributed by atoms with Crippen LogP contribution in [0.4, 0.5) is 13.2 Å². The highest BCUT2D eigenvalue weighted by Crippen LogP contribution is 2.37. The molecule has 2 rings (SSSR count). The van der Waals surface area contributed by atoms with E-state index in [9.17, 15) is 18.0 Å². The molecule has 0 unspecified atom stereocenters. The average Bonchev–Trinajstić information content (AvgIpc) is 3.00. The molecule has 0 N–H and O–H groups in total. The molecular formula is C16H18F3N3O. The molecule has 1 aromatic carbocycles. The predicted octanol–water partition coefficient (Wildman–Crippen LogP) is 3.43. The minimum absolute atomic E-state index is 0.0375. The number of benzene rings is 1. The van der Waals surface area contributed by atoms with Gasteiger partial charge < -0.3 is 4.90 Å². The number of rotatable bonds is 6. The van der Waals surface area contributed by atoms with E-state index in [0.717, 1.165) is 4.90 Å². The Balaban J connectivity index is 2.02. The molecule has 23 heavy (non-hydrogen) atoms. The number of alkyl halides is 3. The van der Waals surface area contributed by atoms with Crippen LogP contribution in [0.3, 0.4) is 0 Å². The topological polar surface area (TPSA) is 38.1 Å². The highest BCUT2D eigenvalue weighted by molar-refractivity contribution is 5.76. The number of aryl methyl sites for hydroxylation is 1. The lowest BCUT2D eigenvalue weighted by atomic mass is 10.0. The van der Waals surface area contributed by atoms with E-state index in [1.807, 2.05) is 0 Å². The molecule has 1 heterocycles. The molecule has 4 nitrogen and oxygen atoms in total. The molecule has 124 valence electrons. The van der Waals surface area contributed by atoms with Crippen LogP contribution in [0.1, 0.15) is 24.4 Å². The van der Waals surface area contributed by atoms with Gasteiger partial charge in [-0.25, -0.2) is 0 Å². The van der Waals surface area contributed by atoms with Crippen molar-refractivity contribution in [2.45, 2.75) is 31.6 Å². The lowest BCUT2D eigenvalue weighted by Crippen LogP contribution is -2.39. The Bertz CT molecular complexity index is 611. The minimum Gasteiger partial charge on any atom is -0.330 e. The molecule has 1 amide bonds. The van der Waals surface area contributed by atoms with Gasteiger partial charge in [-0.05, 0) is 18.1 Å². The van der Waals surface area contributed by atoms with Gasteiger partial charge >= 0.3 is 6.18 Å². The molecule has 0 aliphatic heterocycles. The van der Waals surface area contributed by atoms with Crippen LogP contribution in [-0.2, 0) is 11.3 Å².